The van der Waals surface area contributed by atoms with Gasteiger partial charge in [0.1, 0.15) is 5.75 Å². The summed E-state index contributed by atoms with van der Waals surface area (Å²) in [5, 5.41) is 3.54. The van der Waals surface area contributed by atoms with Crippen LogP contribution in [0.1, 0.15) is 31.0 Å². The van der Waals surface area contributed by atoms with Crippen molar-refractivity contribution in [1.82, 2.24) is 5.32 Å². The van der Waals surface area contributed by atoms with E-state index in [4.69, 9.17) is 4.74 Å². The van der Waals surface area contributed by atoms with Crippen molar-refractivity contribution in [3.63, 3.8) is 0 Å². The molecule has 112 valence electrons. The molecule has 4 heteroatoms. The third kappa shape index (κ3) is 4.31. The number of ether oxygens (including phenoxy) is 1. The van der Waals surface area contributed by atoms with E-state index < -0.39 is 0 Å². The predicted octanol–water partition coefficient (Wildman–Crippen LogP) is 5.31. The molecule has 0 aromatic heterocycles. The molecule has 21 heavy (non-hydrogen) atoms. The van der Waals surface area contributed by atoms with E-state index in [-0.39, 0.29) is 6.04 Å². The van der Waals surface area contributed by atoms with E-state index in [1.54, 1.807) is 0 Å². The summed E-state index contributed by atoms with van der Waals surface area (Å²) >= 11 is 7.05. The van der Waals surface area contributed by atoms with Gasteiger partial charge in [0.15, 0.2) is 0 Å². The second kappa shape index (κ2) is 7.97. The SMILES string of the molecule is CCNC(c1ccc(Br)cc1)c1cc(Br)ccc1OCC. The van der Waals surface area contributed by atoms with E-state index in [1.165, 1.54) is 5.56 Å². The second-order valence-electron chi connectivity index (χ2n) is 4.66. The Balaban J connectivity index is 2.46. The molecule has 0 bridgehead atoms. The number of hydrogen-bond acceptors (Lipinski definition) is 2. The first kappa shape index (κ1) is 16.5. The van der Waals surface area contributed by atoms with Gasteiger partial charge in [-0.3, -0.25) is 0 Å². The van der Waals surface area contributed by atoms with Crippen LogP contribution in [-0.2, 0) is 0 Å². The normalized spacial score (nSPS) is 12.2. The molecule has 0 saturated carbocycles. The minimum absolute atomic E-state index is 0.113. The fraction of sp³-hybridized carbons (Fsp3) is 0.294. The van der Waals surface area contributed by atoms with E-state index in [2.05, 4.69) is 74.4 Å². The number of rotatable bonds is 6. The maximum atomic E-state index is 5.79. The molecule has 0 radical (unpaired) electrons. The van der Waals surface area contributed by atoms with E-state index in [1.807, 2.05) is 19.1 Å². The lowest BCUT2D eigenvalue weighted by Gasteiger charge is -2.22. The Bertz CT molecular complexity index is 584. The molecule has 1 N–H and O–H groups in total. The quantitative estimate of drug-likeness (QED) is 0.694. The van der Waals surface area contributed by atoms with Crippen molar-refractivity contribution in [2.45, 2.75) is 19.9 Å². The molecule has 1 unspecified atom stereocenters. The lowest BCUT2D eigenvalue weighted by atomic mass is 9.98. The van der Waals surface area contributed by atoms with Crippen molar-refractivity contribution in [1.29, 1.82) is 0 Å². The van der Waals surface area contributed by atoms with E-state index >= 15 is 0 Å². The molecule has 0 amide bonds. The van der Waals surface area contributed by atoms with Crippen LogP contribution in [0.5, 0.6) is 5.75 Å². The van der Waals surface area contributed by atoms with Crippen molar-refractivity contribution in [2.24, 2.45) is 0 Å². The van der Waals surface area contributed by atoms with Crippen LogP contribution in [0.3, 0.4) is 0 Å². The van der Waals surface area contributed by atoms with Gasteiger partial charge >= 0.3 is 0 Å². The lowest BCUT2D eigenvalue weighted by molar-refractivity contribution is 0.333. The Kier molecular flexibility index (Phi) is 6.27. The Labute approximate surface area is 143 Å². The van der Waals surface area contributed by atoms with E-state index in [0.717, 1.165) is 26.8 Å². The highest BCUT2D eigenvalue weighted by molar-refractivity contribution is 9.10. The van der Waals surface area contributed by atoms with Crippen molar-refractivity contribution < 1.29 is 4.74 Å². The fourth-order valence-corrected chi connectivity index (χ4v) is 2.94. The average molecular weight is 413 g/mol. The molecule has 0 aliphatic rings. The van der Waals surface area contributed by atoms with Gasteiger partial charge < -0.3 is 10.1 Å². The summed E-state index contributed by atoms with van der Waals surface area (Å²) in [6.07, 6.45) is 0. The van der Waals surface area contributed by atoms with Crippen LogP contribution < -0.4 is 10.1 Å². The molecular weight excluding hydrogens is 394 g/mol. The highest BCUT2D eigenvalue weighted by atomic mass is 79.9. The van der Waals surface area contributed by atoms with Crippen molar-refractivity contribution in [3.8, 4) is 5.75 Å². The molecule has 2 rings (SSSR count). The molecule has 2 aromatic carbocycles. The van der Waals surface area contributed by atoms with Crippen LogP contribution >= 0.6 is 31.9 Å². The van der Waals surface area contributed by atoms with Crippen molar-refractivity contribution in [3.05, 3.63) is 62.5 Å². The van der Waals surface area contributed by atoms with Crippen molar-refractivity contribution >= 4 is 31.9 Å². The number of halogens is 2. The molecule has 1 atom stereocenters. The summed E-state index contributed by atoms with van der Waals surface area (Å²) in [6, 6.07) is 14.7. The zero-order chi connectivity index (χ0) is 15.2. The summed E-state index contributed by atoms with van der Waals surface area (Å²) in [5.41, 5.74) is 2.37. The van der Waals surface area contributed by atoms with Gasteiger partial charge in [0.25, 0.3) is 0 Å². The van der Waals surface area contributed by atoms with Gasteiger partial charge in [-0.15, -0.1) is 0 Å². The van der Waals surface area contributed by atoms with Crippen LogP contribution in [-0.4, -0.2) is 13.2 Å². The van der Waals surface area contributed by atoms with Crippen LogP contribution in [0.15, 0.2) is 51.4 Å². The lowest BCUT2D eigenvalue weighted by Crippen LogP contribution is -2.22. The zero-order valence-electron chi connectivity index (χ0n) is 12.2. The van der Waals surface area contributed by atoms with E-state index in [9.17, 15) is 0 Å². The van der Waals surface area contributed by atoms with Crippen LogP contribution in [0.4, 0.5) is 0 Å². The first-order valence-corrected chi connectivity index (χ1v) is 8.65. The summed E-state index contributed by atoms with van der Waals surface area (Å²) in [7, 11) is 0. The molecular formula is C17H19Br2NO. The second-order valence-corrected chi connectivity index (χ2v) is 6.49. The highest BCUT2D eigenvalue weighted by Crippen LogP contribution is 2.33. The molecule has 2 aromatic rings. The van der Waals surface area contributed by atoms with Gasteiger partial charge in [-0.05, 0) is 49.4 Å². The number of nitrogens with one attached hydrogen (secondary N) is 1. The van der Waals surface area contributed by atoms with E-state index in [0.29, 0.717) is 6.61 Å². The minimum Gasteiger partial charge on any atom is -0.494 e. The maximum Gasteiger partial charge on any atom is 0.124 e. The summed E-state index contributed by atoms with van der Waals surface area (Å²) in [5.74, 6) is 0.926. The highest BCUT2D eigenvalue weighted by Gasteiger charge is 2.18. The molecule has 2 nitrogen and oxygen atoms in total. The zero-order valence-corrected chi connectivity index (χ0v) is 15.4. The van der Waals surface area contributed by atoms with Crippen LogP contribution in [0.25, 0.3) is 0 Å². The first-order chi connectivity index (χ1) is 10.2. The Morgan fingerprint density at radius 2 is 1.67 bits per heavy atom. The van der Waals surface area contributed by atoms with Gasteiger partial charge in [0.2, 0.25) is 0 Å². The van der Waals surface area contributed by atoms with Gasteiger partial charge in [-0.2, -0.15) is 0 Å². The monoisotopic (exact) mass is 411 g/mol. The van der Waals surface area contributed by atoms with Gasteiger partial charge in [-0.25, -0.2) is 0 Å². The predicted molar refractivity (Wildman–Crippen MR) is 95.0 cm³/mol. The standard InChI is InChI=1S/C17H19Br2NO/c1-3-20-17(12-5-7-13(18)8-6-12)15-11-14(19)9-10-16(15)21-4-2/h5-11,17,20H,3-4H2,1-2H3. The first-order valence-electron chi connectivity index (χ1n) is 7.06. The molecule has 0 spiro atoms. The third-order valence-corrected chi connectivity index (χ3v) is 4.22. The summed E-state index contributed by atoms with van der Waals surface area (Å²) in [6.45, 7) is 5.67. The maximum absolute atomic E-state index is 5.79. The Hall–Kier alpha value is -0.840. The summed E-state index contributed by atoms with van der Waals surface area (Å²) < 4.78 is 7.93. The largest absolute Gasteiger partial charge is 0.494 e. The smallest absolute Gasteiger partial charge is 0.124 e. The van der Waals surface area contributed by atoms with Crippen LogP contribution in [0, 0.1) is 0 Å². The van der Waals surface area contributed by atoms with Crippen molar-refractivity contribution in [2.75, 3.05) is 13.2 Å². The fourth-order valence-electron chi connectivity index (χ4n) is 2.30. The number of hydrogen-bond donors (Lipinski definition) is 1. The molecule has 0 saturated heterocycles. The molecule has 0 heterocycles. The van der Waals surface area contributed by atoms with Crippen LogP contribution in [0.2, 0.25) is 0 Å². The Morgan fingerprint density at radius 3 is 2.29 bits per heavy atom. The minimum atomic E-state index is 0.113. The number of benzene rings is 2. The summed E-state index contributed by atoms with van der Waals surface area (Å²) in [4.78, 5) is 0. The third-order valence-electron chi connectivity index (χ3n) is 3.19. The van der Waals surface area contributed by atoms with Gasteiger partial charge in [0.05, 0.1) is 12.6 Å². The molecule has 0 aliphatic heterocycles. The Morgan fingerprint density at radius 1 is 1.00 bits per heavy atom. The molecule has 0 aliphatic carbocycles. The molecule has 0 fully saturated rings. The average Bonchev–Trinajstić information content (AvgIpc) is 2.48. The van der Waals surface area contributed by atoms with Gasteiger partial charge in [-0.1, -0.05) is 50.9 Å². The van der Waals surface area contributed by atoms with Gasteiger partial charge in [0, 0.05) is 14.5 Å². The topological polar surface area (TPSA) is 21.3 Å².